The zero-order valence-electron chi connectivity index (χ0n) is 12.2. The van der Waals surface area contributed by atoms with Gasteiger partial charge in [0.15, 0.2) is 0 Å². The van der Waals surface area contributed by atoms with E-state index in [0.717, 1.165) is 35.5 Å². The number of hydrogen-bond donors (Lipinski definition) is 1. The van der Waals surface area contributed by atoms with Crippen molar-refractivity contribution in [3.8, 4) is 23.8 Å². The molecule has 0 aliphatic carbocycles. The molecule has 3 heteroatoms. The third-order valence-electron chi connectivity index (χ3n) is 3.49. The van der Waals surface area contributed by atoms with E-state index in [1.165, 1.54) is 0 Å². The largest absolute Gasteiger partial charge is 0.493 e. The number of aliphatic hydroxyl groups is 1. The molecule has 20 heavy (non-hydrogen) atoms. The summed E-state index contributed by atoms with van der Waals surface area (Å²) in [5, 5.41) is 10.3. The number of fused-ring (bicyclic) bond motifs is 1. The molecule has 1 aromatic carbocycles. The Morgan fingerprint density at radius 1 is 1.55 bits per heavy atom. The molecule has 0 fully saturated rings. The summed E-state index contributed by atoms with van der Waals surface area (Å²) in [7, 11) is 0. The first kappa shape index (κ1) is 14.7. The Morgan fingerprint density at radius 2 is 2.35 bits per heavy atom. The lowest BCUT2D eigenvalue weighted by Gasteiger charge is -2.17. The van der Waals surface area contributed by atoms with E-state index in [2.05, 4.69) is 5.92 Å². The SMILES string of the molecule is C#CCCCC(O)c1cc2c(cc1OCC)CC(C)O2. The molecule has 1 aromatic rings. The number of terminal acetylenes is 1. The topological polar surface area (TPSA) is 38.7 Å². The molecule has 108 valence electrons. The van der Waals surface area contributed by atoms with Crippen LogP contribution in [0, 0.1) is 12.3 Å². The van der Waals surface area contributed by atoms with Crippen LogP contribution in [0.2, 0.25) is 0 Å². The summed E-state index contributed by atoms with van der Waals surface area (Å²) < 4.78 is 11.4. The van der Waals surface area contributed by atoms with E-state index in [1.54, 1.807) is 0 Å². The van der Waals surface area contributed by atoms with E-state index in [4.69, 9.17) is 15.9 Å². The van der Waals surface area contributed by atoms with Gasteiger partial charge in [0.05, 0.1) is 12.7 Å². The molecule has 2 atom stereocenters. The maximum atomic E-state index is 10.3. The van der Waals surface area contributed by atoms with Gasteiger partial charge in [-0.3, -0.25) is 0 Å². The molecule has 0 aromatic heterocycles. The summed E-state index contributed by atoms with van der Waals surface area (Å²) in [6, 6.07) is 3.92. The Labute approximate surface area is 120 Å². The highest BCUT2D eigenvalue weighted by atomic mass is 16.5. The van der Waals surface area contributed by atoms with Gasteiger partial charge in [0.1, 0.15) is 17.6 Å². The van der Waals surface area contributed by atoms with Crippen LogP contribution in [-0.4, -0.2) is 17.8 Å². The lowest BCUT2D eigenvalue weighted by Crippen LogP contribution is -2.05. The van der Waals surface area contributed by atoms with Gasteiger partial charge in [0, 0.05) is 24.0 Å². The summed E-state index contributed by atoms with van der Waals surface area (Å²) >= 11 is 0. The standard InChI is InChI=1S/C17H22O3/c1-4-6-7-8-15(18)14-11-16-13(9-12(3)20-16)10-17(14)19-5-2/h1,10-12,15,18H,5-9H2,2-3H3. The summed E-state index contributed by atoms with van der Waals surface area (Å²) in [4.78, 5) is 0. The normalized spacial score (nSPS) is 18.0. The van der Waals surface area contributed by atoms with Gasteiger partial charge >= 0.3 is 0 Å². The molecule has 3 nitrogen and oxygen atoms in total. The number of rotatable bonds is 6. The zero-order chi connectivity index (χ0) is 14.5. The molecule has 1 N–H and O–H groups in total. The minimum absolute atomic E-state index is 0.188. The van der Waals surface area contributed by atoms with Crippen molar-refractivity contribution < 1.29 is 14.6 Å². The van der Waals surface area contributed by atoms with Crippen LogP contribution < -0.4 is 9.47 Å². The van der Waals surface area contributed by atoms with E-state index in [1.807, 2.05) is 26.0 Å². The van der Waals surface area contributed by atoms with E-state index in [9.17, 15) is 5.11 Å². The highest BCUT2D eigenvalue weighted by molar-refractivity contribution is 5.49. The van der Waals surface area contributed by atoms with Crippen LogP contribution in [0.3, 0.4) is 0 Å². The smallest absolute Gasteiger partial charge is 0.125 e. The number of aliphatic hydroxyl groups excluding tert-OH is 1. The van der Waals surface area contributed by atoms with Crippen LogP contribution in [0.5, 0.6) is 11.5 Å². The number of ether oxygens (including phenoxy) is 2. The van der Waals surface area contributed by atoms with Crippen molar-refractivity contribution in [2.24, 2.45) is 0 Å². The van der Waals surface area contributed by atoms with Gasteiger partial charge < -0.3 is 14.6 Å². The molecule has 2 unspecified atom stereocenters. The fraction of sp³-hybridized carbons (Fsp3) is 0.529. The quantitative estimate of drug-likeness (QED) is 0.639. The third-order valence-corrected chi connectivity index (χ3v) is 3.49. The maximum Gasteiger partial charge on any atom is 0.125 e. The van der Waals surface area contributed by atoms with Crippen LogP contribution in [0.25, 0.3) is 0 Å². The highest BCUT2D eigenvalue weighted by Crippen LogP contribution is 2.38. The predicted molar refractivity (Wildman–Crippen MR) is 79.0 cm³/mol. The lowest BCUT2D eigenvalue weighted by atomic mass is 9.99. The van der Waals surface area contributed by atoms with Gasteiger partial charge in [-0.25, -0.2) is 0 Å². The first-order chi connectivity index (χ1) is 9.65. The van der Waals surface area contributed by atoms with E-state index < -0.39 is 6.10 Å². The Hall–Kier alpha value is -1.66. The molecule has 0 saturated carbocycles. The second kappa shape index (κ2) is 6.67. The average Bonchev–Trinajstić information content (AvgIpc) is 2.77. The van der Waals surface area contributed by atoms with Crippen molar-refractivity contribution in [1.82, 2.24) is 0 Å². The van der Waals surface area contributed by atoms with Crippen LogP contribution in [-0.2, 0) is 6.42 Å². The second-order valence-corrected chi connectivity index (χ2v) is 5.18. The molecule has 1 aliphatic heterocycles. The summed E-state index contributed by atoms with van der Waals surface area (Å²) in [6.45, 7) is 4.57. The molecule has 1 heterocycles. The second-order valence-electron chi connectivity index (χ2n) is 5.18. The Kier molecular flexibility index (Phi) is 4.92. The molecule has 0 spiro atoms. The van der Waals surface area contributed by atoms with Crippen LogP contribution in [0.1, 0.15) is 50.3 Å². The van der Waals surface area contributed by atoms with Crippen molar-refractivity contribution in [2.75, 3.05) is 6.61 Å². The number of hydrogen-bond acceptors (Lipinski definition) is 3. The fourth-order valence-electron chi connectivity index (χ4n) is 2.55. The number of benzene rings is 1. The average molecular weight is 274 g/mol. The van der Waals surface area contributed by atoms with Crippen molar-refractivity contribution >= 4 is 0 Å². The molecular weight excluding hydrogens is 252 g/mol. The van der Waals surface area contributed by atoms with Crippen molar-refractivity contribution in [3.05, 3.63) is 23.3 Å². The third kappa shape index (κ3) is 3.26. The molecule has 2 rings (SSSR count). The highest BCUT2D eigenvalue weighted by Gasteiger charge is 2.24. The fourth-order valence-corrected chi connectivity index (χ4v) is 2.55. The van der Waals surface area contributed by atoms with Crippen LogP contribution in [0.4, 0.5) is 0 Å². The van der Waals surface area contributed by atoms with Gasteiger partial charge in [-0.05, 0) is 38.8 Å². The Bertz CT molecular complexity index is 502. The van der Waals surface area contributed by atoms with Gasteiger partial charge in [0.2, 0.25) is 0 Å². The minimum Gasteiger partial charge on any atom is -0.493 e. The Balaban J connectivity index is 2.22. The minimum atomic E-state index is -0.560. The van der Waals surface area contributed by atoms with Crippen LogP contribution in [0.15, 0.2) is 12.1 Å². The molecule has 0 amide bonds. The monoisotopic (exact) mass is 274 g/mol. The summed E-state index contributed by atoms with van der Waals surface area (Å²) in [6.07, 6.45) is 7.88. The number of unbranched alkanes of at least 4 members (excludes halogenated alkanes) is 1. The van der Waals surface area contributed by atoms with E-state index >= 15 is 0 Å². The molecule has 0 bridgehead atoms. The molecule has 0 radical (unpaired) electrons. The predicted octanol–water partition coefficient (Wildman–Crippen LogP) is 3.25. The van der Waals surface area contributed by atoms with Crippen molar-refractivity contribution in [2.45, 2.75) is 51.7 Å². The van der Waals surface area contributed by atoms with Crippen molar-refractivity contribution in [3.63, 3.8) is 0 Å². The molecular formula is C17H22O3. The van der Waals surface area contributed by atoms with Gasteiger partial charge in [-0.15, -0.1) is 12.3 Å². The van der Waals surface area contributed by atoms with Gasteiger partial charge in [0.25, 0.3) is 0 Å². The maximum absolute atomic E-state index is 10.3. The van der Waals surface area contributed by atoms with Gasteiger partial charge in [-0.1, -0.05) is 0 Å². The summed E-state index contributed by atoms with van der Waals surface area (Å²) in [5.41, 5.74) is 1.96. The van der Waals surface area contributed by atoms with E-state index in [0.29, 0.717) is 19.4 Å². The van der Waals surface area contributed by atoms with E-state index in [-0.39, 0.29) is 6.10 Å². The van der Waals surface area contributed by atoms with Crippen LogP contribution >= 0.6 is 0 Å². The lowest BCUT2D eigenvalue weighted by molar-refractivity contribution is 0.159. The first-order valence-electron chi connectivity index (χ1n) is 7.23. The summed E-state index contributed by atoms with van der Waals surface area (Å²) in [5.74, 6) is 4.22. The first-order valence-corrected chi connectivity index (χ1v) is 7.23. The molecule has 0 saturated heterocycles. The Morgan fingerprint density at radius 3 is 3.05 bits per heavy atom. The molecule has 1 aliphatic rings. The van der Waals surface area contributed by atoms with Crippen molar-refractivity contribution in [1.29, 1.82) is 0 Å². The van der Waals surface area contributed by atoms with Gasteiger partial charge in [-0.2, -0.15) is 0 Å². The zero-order valence-corrected chi connectivity index (χ0v) is 12.2.